The predicted octanol–water partition coefficient (Wildman–Crippen LogP) is 7.45. The van der Waals surface area contributed by atoms with Gasteiger partial charge in [-0.25, -0.2) is 13.1 Å². The van der Waals surface area contributed by atoms with Gasteiger partial charge in [0.25, 0.3) is 15.9 Å². The number of nitrogens with zero attached hydrogens (tertiary/aromatic N) is 3. The number of carbonyl (C=O) groups is 2. The summed E-state index contributed by atoms with van der Waals surface area (Å²) >= 11 is 6.35. The smallest absolute Gasteiger partial charge is 0.265 e. The van der Waals surface area contributed by atoms with Gasteiger partial charge in [-0.05, 0) is 122 Å². The molecular formula is C42H40ClN5O5S. The van der Waals surface area contributed by atoms with Crippen LogP contribution in [-0.2, 0) is 34.8 Å². The zero-order valence-electron chi connectivity index (χ0n) is 30.7. The third-order valence-electron chi connectivity index (χ3n) is 9.66. The number of nitrogens with one attached hydrogen (secondary N) is 2. The van der Waals surface area contributed by atoms with Crippen LogP contribution in [0.2, 0.25) is 5.02 Å². The highest BCUT2D eigenvalue weighted by molar-refractivity contribution is 7.90. The molecule has 6 rings (SSSR count). The van der Waals surface area contributed by atoms with E-state index in [2.05, 4.69) is 27.3 Å². The first kappa shape index (κ1) is 38.0. The predicted molar refractivity (Wildman–Crippen MR) is 208 cm³/mol. The highest BCUT2D eigenvalue weighted by Crippen LogP contribution is 2.42. The van der Waals surface area contributed by atoms with Crippen LogP contribution in [0.1, 0.15) is 68.0 Å². The third-order valence-corrected chi connectivity index (χ3v) is 11.6. The monoisotopic (exact) mass is 761 g/mol. The van der Waals surface area contributed by atoms with Crippen molar-refractivity contribution in [1.29, 1.82) is 5.26 Å². The molecule has 0 radical (unpaired) electrons. The van der Waals surface area contributed by atoms with Crippen LogP contribution in [0.4, 0.5) is 0 Å². The van der Waals surface area contributed by atoms with Crippen LogP contribution < -0.4 is 14.8 Å². The van der Waals surface area contributed by atoms with E-state index in [1.165, 1.54) is 30.3 Å². The van der Waals surface area contributed by atoms with Crippen molar-refractivity contribution in [3.05, 3.63) is 140 Å². The van der Waals surface area contributed by atoms with E-state index in [0.717, 1.165) is 61.1 Å². The van der Waals surface area contributed by atoms with E-state index in [-0.39, 0.29) is 28.5 Å². The molecule has 276 valence electrons. The quantitative estimate of drug-likeness (QED) is 0.126. The number of allylic oxidation sites excluding steroid dienone is 1. The zero-order chi connectivity index (χ0) is 38.7. The van der Waals surface area contributed by atoms with Gasteiger partial charge in [0.15, 0.2) is 0 Å². The molecular weight excluding hydrogens is 722 g/mol. The van der Waals surface area contributed by atoms with E-state index in [1.54, 1.807) is 18.2 Å². The van der Waals surface area contributed by atoms with E-state index in [9.17, 15) is 18.0 Å². The number of hydrogen-bond donors (Lipinski definition) is 2. The Hall–Kier alpha value is -5.70. The molecule has 1 aliphatic carbocycles. The summed E-state index contributed by atoms with van der Waals surface area (Å²) in [5, 5.41) is 17.6. The molecule has 1 aromatic heterocycles. The number of halogens is 1. The maximum atomic E-state index is 14.0. The second kappa shape index (κ2) is 15.7. The molecule has 0 saturated heterocycles. The number of aryl methyl sites for hydroxylation is 4. The van der Waals surface area contributed by atoms with Crippen molar-refractivity contribution < 1.29 is 22.7 Å². The number of ether oxygens (including phenoxy) is 1. The van der Waals surface area contributed by atoms with Crippen LogP contribution >= 0.6 is 11.6 Å². The van der Waals surface area contributed by atoms with Gasteiger partial charge in [-0.3, -0.25) is 14.3 Å². The first-order valence-electron chi connectivity index (χ1n) is 17.5. The van der Waals surface area contributed by atoms with Gasteiger partial charge in [0.05, 0.1) is 28.8 Å². The minimum Gasteiger partial charge on any atom is -0.494 e. The normalized spacial score (nSPS) is 12.3. The Morgan fingerprint density at radius 3 is 2.35 bits per heavy atom. The van der Waals surface area contributed by atoms with E-state index in [1.807, 2.05) is 63.7 Å². The number of amides is 2. The van der Waals surface area contributed by atoms with Crippen molar-refractivity contribution in [3.63, 3.8) is 0 Å². The lowest BCUT2D eigenvalue weighted by Crippen LogP contribution is -2.31. The number of nitriles is 1. The minimum absolute atomic E-state index is 0.105. The van der Waals surface area contributed by atoms with Gasteiger partial charge in [0.1, 0.15) is 5.75 Å². The van der Waals surface area contributed by atoms with Crippen LogP contribution in [-0.4, -0.2) is 36.6 Å². The Morgan fingerprint density at radius 1 is 0.944 bits per heavy atom. The lowest BCUT2D eigenvalue weighted by Gasteiger charge is -2.13. The van der Waals surface area contributed by atoms with Gasteiger partial charge in [-0.2, -0.15) is 10.4 Å². The fourth-order valence-electron chi connectivity index (χ4n) is 6.92. The van der Waals surface area contributed by atoms with E-state index >= 15 is 0 Å². The number of rotatable bonds is 12. The lowest BCUT2D eigenvalue weighted by atomic mass is 9.93. The van der Waals surface area contributed by atoms with Crippen LogP contribution in [0.25, 0.3) is 16.7 Å². The Balaban J connectivity index is 1.21. The molecule has 10 nitrogen and oxygen atoms in total. The summed E-state index contributed by atoms with van der Waals surface area (Å²) in [7, 11) is -2.30. The van der Waals surface area contributed by atoms with Gasteiger partial charge < -0.3 is 10.1 Å². The minimum atomic E-state index is -4.23. The largest absolute Gasteiger partial charge is 0.494 e. The number of sulfonamides is 1. The van der Waals surface area contributed by atoms with Crippen molar-refractivity contribution in [2.45, 2.75) is 58.4 Å². The van der Waals surface area contributed by atoms with Gasteiger partial charge in [0, 0.05) is 47.4 Å². The van der Waals surface area contributed by atoms with Gasteiger partial charge in [-0.15, -0.1) is 0 Å². The number of fused-ring (bicyclic) bond motifs is 1. The molecule has 2 N–H and O–H groups in total. The van der Waals surface area contributed by atoms with Gasteiger partial charge in [0.2, 0.25) is 5.91 Å². The standard InChI is InChI=1S/C42H40ClN5O5S/c1-25-18-32(19-26(2)40(25)43)53-17-9-16-35-34-14-8-15-36(39-27(3)46-48(5)28(39)4)37(34)22-38(35)42(50)45-24-30-11-6-12-31(20-30)41(49)47-54(51,52)33-13-7-10-29(21-33)23-44/h6-8,10-15,18-21H,9,16-17,22,24H2,1-5H3,(H,45,50)(H,47,49). The van der Waals surface area contributed by atoms with E-state index < -0.39 is 15.9 Å². The van der Waals surface area contributed by atoms with Crippen LogP contribution in [0.5, 0.6) is 5.75 Å². The fourth-order valence-corrected chi connectivity index (χ4v) is 8.05. The highest BCUT2D eigenvalue weighted by Gasteiger charge is 2.29. The highest BCUT2D eigenvalue weighted by atomic mass is 35.5. The molecule has 5 aromatic rings. The van der Waals surface area contributed by atoms with Gasteiger partial charge in [-0.1, -0.05) is 48.0 Å². The molecule has 0 saturated carbocycles. The molecule has 1 heterocycles. The molecule has 4 aromatic carbocycles. The second-order valence-corrected chi connectivity index (χ2v) is 15.5. The Labute approximate surface area is 320 Å². The number of carbonyl (C=O) groups excluding carboxylic acids is 2. The SMILES string of the molecule is Cc1cc(OCCCC2=C(C(=O)NCc3cccc(C(=O)NS(=O)(=O)c4cccc(C#N)c4)c3)Cc3c2cccc3-c2c(C)nn(C)c2C)cc(C)c1Cl. The number of benzene rings is 4. The summed E-state index contributed by atoms with van der Waals surface area (Å²) in [4.78, 5) is 26.9. The third kappa shape index (κ3) is 7.95. The summed E-state index contributed by atoms with van der Waals surface area (Å²) in [6.07, 6.45) is 1.71. The van der Waals surface area contributed by atoms with Crippen LogP contribution in [0.3, 0.4) is 0 Å². The summed E-state index contributed by atoms with van der Waals surface area (Å²) in [6, 6.07) is 23.7. The summed E-state index contributed by atoms with van der Waals surface area (Å²) < 4.78 is 35.8. The summed E-state index contributed by atoms with van der Waals surface area (Å²) in [5.74, 6) is -0.312. The van der Waals surface area contributed by atoms with Gasteiger partial charge >= 0.3 is 0 Å². The van der Waals surface area contributed by atoms with Crippen LogP contribution in [0, 0.1) is 39.0 Å². The Morgan fingerprint density at radius 2 is 1.65 bits per heavy atom. The Bertz CT molecular complexity index is 2470. The summed E-state index contributed by atoms with van der Waals surface area (Å²) in [5.41, 5.74) is 10.5. The molecule has 1 aliphatic rings. The number of hydrogen-bond acceptors (Lipinski definition) is 7. The summed E-state index contributed by atoms with van der Waals surface area (Å²) in [6.45, 7) is 8.49. The molecule has 0 unspecified atom stereocenters. The van der Waals surface area contributed by atoms with Crippen molar-refractivity contribution in [2.75, 3.05) is 6.61 Å². The zero-order valence-corrected chi connectivity index (χ0v) is 32.3. The van der Waals surface area contributed by atoms with Crippen LogP contribution in [0.15, 0.2) is 89.3 Å². The average Bonchev–Trinajstić information content (AvgIpc) is 3.65. The van der Waals surface area contributed by atoms with Crippen molar-refractivity contribution >= 4 is 39.0 Å². The molecule has 54 heavy (non-hydrogen) atoms. The lowest BCUT2D eigenvalue weighted by molar-refractivity contribution is -0.117. The maximum absolute atomic E-state index is 14.0. The molecule has 12 heteroatoms. The average molecular weight is 762 g/mol. The topological polar surface area (TPSA) is 143 Å². The first-order chi connectivity index (χ1) is 25.8. The van der Waals surface area contributed by atoms with Crippen molar-refractivity contribution in [3.8, 4) is 22.9 Å². The fraction of sp³-hybridized carbons (Fsp3) is 0.238. The molecule has 2 amide bonds. The first-order valence-corrected chi connectivity index (χ1v) is 19.3. The molecule has 0 fully saturated rings. The second-order valence-electron chi connectivity index (χ2n) is 13.4. The Kier molecular flexibility index (Phi) is 11.1. The molecule has 0 atom stereocenters. The maximum Gasteiger partial charge on any atom is 0.265 e. The number of aromatic nitrogens is 2. The molecule has 0 aliphatic heterocycles. The molecule has 0 spiro atoms. The molecule has 0 bridgehead atoms. The van der Waals surface area contributed by atoms with Crippen molar-refractivity contribution in [2.24, 2.45) is 7.05 Å². The van der Waals surface area contributed by atoms with E-state index in [4.69, 9.17) is 21.6 Å². The van der Waals surface area contributed by atoms with Crippen molar-refractivity contribution in [1.82, 2.24) is 19.8 Å². The van der Waals surface area contributed by atoms with E-state index in [0.29, 0.717) is 37.0 Å².